The van der Waals surface area contributed by atoms with Crippen molar-refractivity contribution in [2.24, 2.45) is 0 Å². The zero-order valence-electron chi connectivity index (χ0n) is 11.6. The third-order valence-electron chi connectivity index (χ3n) is 3.73. The maximum atomic E-state index is 12.1. The predicted molar refractivity (Wildman–Crippen MR) is 71.2 cm³/mol. The minimum Gasteiger partial charge on any atom is -0.462 e. The van der Waals surface area contributed by atoms with E-state index in [-0.39, 0.29) is 30.0 Å². The van der Waals surface area contributed by atoms with Crippen LogP contribution in [0.3, 0.4) is 0 Å². The number of nitrogens with one attached hydrogen (secondary N) is 2. The van der Waals surface area contributed by atoms with Gasteiger partial charge in [0.2, 0.25) is 0 Å². The number of hydrogen-bond donors (Lipinski definition) is 2. The van der Waals surface area contributed by atoms with E-state index in [4.69, 9.17) is 10.00 Å². The van der Waals surface area contributed by atoms with E-state index in [1.165, 1.54) is 0 Å². The van der Waals surface area contributed by atoms with E-state index in [9.17, 15) is 9.59 Å². The highest BCUT2D eigenvalue weighted by atomic mass is 16.5. The maximum Gasteiger partial charge on any atom is 0.351 e. The summed E-state index contributed by atoms with van der Waals surface area (Å²) in [6.45, 7) is 1.83. The van der Waals surface area contributed by atoms with Gasteiger partial charge in [0.25, 0.3) is 5.91 Å². The van der Waals surface area contributed by atoms with Crippen molar-refractivity contribution in [3.63, 3.8) is 0 Å². The first-order chi connectivity index (χ1) is 9.67. The van der Waals surface area contributed by atoms with Gasteiger partial charge in [-0.3, -0.25) is 4.79 Å². The number of nitriles is 1. The molecule has 20 heavy (non-hydrogen) atoms. The number of amides is 1. The Bertz CT molecular complexity index is 479. The van der Waals surface area contributed by atoms with Crippen molar-refractivity contribution in [1.29, 1.82) is 5.26 Å². The molecule has 2 fully saturated rings. The highest BCUT2D eigenvalue weighted by Crippen LogP contribution is 2.23. The van der Waals surface area contributed by atoms with Crippen LogP contribution in [-0.2, 0) is 14.3 Å². The molecule has 1 aliphatic heterocycles. The first kappa shape index (κ1) is 14.4. The molecule has 108 valence electrons. The zero-order chi connectivity index (χ0) is 14.5. The van der Waals surface area contributed by atoms with Crippen molar-refractivity contribution in [3.8, 4) is 6.07 Å². The van der Waals surface area contributed by atoms with E-state index < -0.39 is 11.9 Å². The van der Waals surface area contributed by atoms with E-state index in [0.717, 1.165) is 32.1 Å². The Kier molecular flexibility index (Phi) is 4.61. The highest BCUT2D eigenvalue weighted by Gasteiger charge is 2.35. The minimum atomic E-state index is -0.750. The van der Waals surface area contributed by atoms with Crippen molar-refractivity contribution in [3.05, 3.63) is 11.3 Å². The third kappa shape index (κ3) is 2.93. The van der Waals surface area contributed by atoms with Gasteiger partial charge in [-0.15, -0.1) is 0 Å². The van der Waals surface area contributed by atoms with Crippen molar-refractivity contribution >= 4 is 11.9 Å². The van der Waals surface area contributed by atoms with E-state index in [1.807, 2.05) is 0 Å². The monoisotopic (exact) mass is 277 g/mol. The molecule has 0 unspecified atom stereocenters. The van der Waals surface area contributed by atoms with Gasteiger partial charge in [0.05, 0.1) is 6.61 Å². The average molecular weight is 277 g/mol. The summed E-state index contributed by atoms with van der Waals surface area (Å²) < 4.78 is 4.82. The average Bonchev–Trinajstić information content (AvgIpc) is 2.65. The van der Waals surface area contributed by atoms with Crippen molar-refractivity contribution in [2.75, 3.05) is 6.61 Å². The lowest BCUT2D eigenvalue weighted by Crippen LogP contribution is -2.57. The second-order valence-electron chi connectivity index (χ2n) is 5.05. The Balaban J connectivity index is 2.25. The van der Waals surface area contributed by atoms with Crippen LogP contribution in [0.2, 0.25) is 0 Å². The van der Waals surface area contributed by atoms with E-state index in [0.29, 0.717) is 0 Å². The van der Waals surface area contributed by atoms with Gasteiger partial charge < -0.3 is 15.4 Å². The number of esters is 1. The number of rotatable bonds is 2. The van der Waals surface area contributed by atoms with Crippen LogP contribution in [0, 0.1) is 11.3 Å². The van der Waals surface area contributed by atoms with Gasteiger partial charge in [0.15, 0.2) is 5.57 Å². The summed E-state index contributed by atoms with van der Waals surface area (Å²) in [6, 6.07) is 1.95. The van der Waals surface area contributed by atoms with Gasteiger partial charge in [0.1, 0.15) is 11.8 Å². The van der Waals surface area contributed by atoms with E-state index >= 15 is 0 Å². The molecule has 0 spiro atoms. The molecule has 1 heterocycles. The van der Waals surface area contributed by atoms with Crippen LogP contribution in [0.5, 0.6) is 0 Å². The molecule has 0 bridgehead atoms. The molecule has 1 amide bonds. The molecule has 0 aromatic carbocycles. The van der Waals surface area contributed by atoms with Crippen LogP contribution in [0.4, 0.5) is 0 Å². The van der Waals surface area contributed by atoms with Crippen LogP contribution in [0.25, 0.3) is 0 Å². The fourth-order valence-electron chi connectivity index (χ4n) is 2.74. The van der Waals surface area contributed by atoms with Crippen LogP contribution in [-0.4, -0.2) is 30.6 Å². The Morgan fingerprint density at radius 2 is 1.95 bits per heavy atom. The summed E-state index contributed by atoms with van der Waals surface area (Å²) in [5, 5.41) is 15.1. The predicted octanol–water partition coefficient (Wildman–Crippen LogP) is 0.748. The lowest BCUT2D eigenvalue weighted by Gasteiger charge is -2.34. The quantitative estimate of drug-likeness (QED) is 0.441. The molecule has 2 N–H and O–H groups in total. The molecule has 6 nitrogen and oxygen atoms in total. The van der Waals surface area contributed by atoms with Gasteiger partial charge in [-0.2, -0.15) is 5.26 Å². The number of hydrogen-bond acceptors (Lipinski definition) is 5. The van der Waals surface area contributed by atoms with Crippen molar-refractivity contribution in [2.45, 2.75) is 51.1 Å². The summed E-state index contributed by atoms with van der Waals surface area (Å²) in [7, 11) is 0. The van der Waals surface area contributed by atoms with Crippen LogP contribution >= 0.6 is 0 Å². The lowest BCUT2D eigenvalue weighted by molar-refractivity contribution is -0.138. The van der Waals surface area contributed by atoms with Crippen molar-refractivity contribution < 1.29 is 14.3 Å². The molecule has 6 heteroatoms. The van der Waals surface area contributed by atoms with Gasteiger partial charge in [-0.25, -0.2) is 4.79 Å². The number of piperazine rings is 1. The van der Waals surface area contributed by atoms with Gasteiger partial charge in [-0.05, 0) is 19.8 Å². The van der Waals surface area contributed by atoms with Crippen LogP contribution < -0.4 is 10.6 Å². The molecule has 2 aliphatic rings. The summed E-state index contributed by atoms with van der Waals surface area (Å²) in [4.78, 5) is 23.8. The normalized spacial score (nSPS) is 28.1. The molecular formula is C14H19N3O3. The molecule has 0 aromatic rings. The number of fused-ring (bicyclic) bond motifs is 1. The summed E-state index contributed by atoms with van der Waals surface area (Å²) in [5.41, 5.74) is -0.193. The Hall–Kier alpha value is -2.03. The molecule has 0 aromatic heterocycles. The van der Waals surface area contributed by atoms with Gasteiger partial charge in [-0.1, -0.05) is 19.3 Å². The standard InChI is InChI=1S/C14H19N3O3/c1-2-20-14(19)9(8-15)12-13(18)17-11-7-5-3-4-6-10(11)16-12/h10-11,16H,2-7H2,1H3,(H,17,18)/b12-9-/t10-,11+/m0/s1. The number of carbonyl (C=O) groups is 2. The second-order valence-corrected chi connectivity index (χ2v) is 5.05. The second kappa shape index (κ2) is 6.42. The topological polar surface area (TPSA) is 91.2 Å². The third-order valence-corrected chi connectivity index (χ3v) is 3.73. The fourth-order valence-corrected chi connectivity index (χ4v) is 2.74. The summed E-state index contributed by atoms with van der Waals surface area (Å²) >= 11 is 0. The van der Waals surface area contributed by atoms with Crippen molar-refractivity contribution in [1.82, 2.24) is 10.6 Å². The molecule has 2 rings (SSSR count). The SMILES string of the molecule is CCOC(=O)/C(C#N)=C1\N[C@H]2CCCCC[C@H]2NC1=O. The number of carbonyl (C=O) groups excluding carboxylic acids is 2. The molecule has 0 radical (unpaired) electrons. The van der Waals surface area contributed by atoms with E-state index in [2.05, 4.69) is 10.6 Å². The Morgan fingerprint density at radius 3 is 2.55 bits per heavy atom. The summed E-state index contributed by atoms with van der Waals surface area (Å²) in [5.74, 6) is -1.14. The van der Waals surface area contributed by atoms with Crippen LogP contribution in [0.1, 0.15) is 39.0 Å². The maximum absolute atomic E-state index is 12.1. The molecule has 1 saturated carbocycles. The number of ether oxygens (including phenoxy) is 1. The Labute approximate surface area is 118 Å². The first-order valence-corrected chi connectivity index (χ1v) is 7.06. The fraction of sp³-hybridized carbons (Fsp3) is 0.643. The summed E-state index contributed by atoms with van der Waals surface area (Å²) in [6.07, 6.45) is 5.17. The lowest BCUT2D eigenvalue weighted by atomic mass is 9.98. The van der Waals surface area contributed by atoms with Gasteiger partial charge >= 0.3 is 5.97 Å². The first-order valence-electron chi connectivity index (χ1n) is 7.06. The highest BCUT2D eigenvalue weighted by molar-refractivity contribution is 6.05. The zero-order valence-corrected chi connectivity index (χ0v) is 11.6. The number of nitrogens with zero attached hydrogens (tertiary/aromatic N) is 1. The largest absolute Gasteiger partial charge is 0.462 e. The molecular weight excluding hydrogens is 258 g/mol. The van der Waals surface area contributed by atoms with Gasteiger partial charge in [0, 0.05) is 12.1 Å². The molecule has 1 aliphatic carbocycles. The van der Waals surface area contributed by atoms with E-state index in [1.54, 1.807) is 13.0 Å². The smallest absolute Gasteiger partial charge is 0.351 e. The Morgan fingerprint density at radius 1 is 1.30 bits per heavy atom. The van der Waals surface area contributed by atoms with Crippen LogP contribution in [0.15, 0.2) is 11.3 Å². The molecule has 1 saturated heterocycles. The molecule has 2 atom stereocenters. The minimum absolute atomic E-state index is 0.0501.